The van der Waals surface area contributed by atoms with Crippen molar-refractivity contribution >= 4 is 11.6 Å². The van der Waals surface area contributed by atoms with Gasteiger partial charge in [0, 0.05) is 17.7 Å². The monoisotopic (exact) mass is 294 g/mol. The molecule has 0 heterocycles. The summed E-state index contributed by atoms with van der Waals surface area (Å²) in [6, 6.07) is 3.87. The summed E-state index contributed by atoms with van der Waals surface area (Å²) in [5.74, 6) is -0.412. The molecule has 116 valence electrons. The number of nitro benzene ring substituents is 1. The van der Waals surface area contributed by atoms with Crippen LogP contribution in [0.15, 0.2) is 18.2 Å². The molecular formula is C15H22N2O4. The van der Waals surface area contributed by atoms with E-state index < -0.39 is 10.8 Å². The fraction of sp³-hybridized carbons (Fsp3) is 0.533. The molecule has 1 aromatic carbocycles. The summed E-state index contributed by atoms with van der Waals surface area (Å²) in [5, 5.41) is 22.9. The summed E-state index contributed by atoms with van der Waals surface area (Å²) >= 11 is 0. The minimum Gasteiger partial charge on any atom is -0.394 e. The second kappa shape index (κ2) is 6.67. The van der Waals surface area contributed by atoms with Crippen LogP contribution in [0.3, 0.4) is 0 Å². The lowest BCUT2D eigenvalue weighted by Crippen LogP contribution is -2.40. The SMILES string of the molecule is Cc1cc(C(=O)NC(CO)CC(C)(C)C)cc([N+](=O)[O-])c1. The highest BCUT2D eigenvalue weighted by atomic mass is 16.6. The maximum atomic E-state index is 12.2. The molecule has 21 heavy (non-hydrogen) atoms. The first-order valence-electron chi connectivity index (χ1n) is 6.80. The third kappa shape index (κ3) is 5.51. The predicted octanol–water partition coefficient (Wildman–Crippen LogP) is 2.43. The summed E-state index contributed by atoms with van der Waals surface area (Å²) in [5.41, 5.74) is 0.718. The van der Waals surface area contributed by atoms with E-state index >= 15 is 0 Å². The summed E-state index contributed by atoms with van der Waals surface area (Å²) in [4.78, 5) is 22.5. The molecule has 0 aromatic heterocycles. The molecule has 1 aromatic rings. The van der Waals surface area contributed by atoms with Crippen molar-refractivity contribution in [2.75, 3.05) is 6.61 Å². The van der Waals surface area contributed by atoms with Crippen LogP contribution in [0.4, 0.5) is 5.69 Å². The highest BCUT2D eigenvalue weighted by Gasteiger charge is 2.21. The molecular weight excluding hydrogens is 272 g/mol. The molecule has 2 N–H and O–H groups in total. The van der Waals surface area contributed by atoms with Gasteiger partial charge in [-0.05, 0) is 30.4 Å². The largest absolute Gasteiger partial charge is 0.394 e. The van der Waals surface area contributed by atoms with Gasteiger partial charge >= 0.3 is 0 Å². The van der Waals surface area contributed by atoms with Crippen molar-refractivity contribution in [3.63, 3.8) is 0 Å². The van der Waals surface area contributed by atoms with E-state index in [2.05, 4.69) is 5.32 Å². The predicted molar refractivity (Wildman–Crippen MR) is 80.2 cm³/mol. The smallest absolute Gasteiger partial charge is 0.270 e. The maximum Gasteiger partial charge on any atom is 0.270 e. The van der Waals surface area contributed by atoms with Gasteiger partial charge in [-0.3, -0.25) is 14.9 Å². The van der Waals surface area contributed by atoms with Gasteiger partial charge in [0.1, 0.15) is 0 Å². The minimum absolute atomic E-state index is 0.0424. The molecule has 1 amide bonds. The number of nitrogens with one attached hydrogen (secondary N) is 1. The molecule has 0 saturated carbocycles. The van der Waals surface area contributed by atoms with Gasteiger partial charge in [0.2, 0.25) is 0 Å². The lowest BCUT2D eigenvalue weighted by Gasteiger charge is -2.25. The zero-order valence-electron chi connectivity index (χ0n) is 12.8. The Kier molecular flexibility index (Phi) is 5.43. The summed E-state index contributed by atoms with van der Waals surface area (Å²) in [6.07, 6.45) is 0.614. The molecule has 6 nitrogen and oxygen atoms in total. The number of rotatable bonds is 5. The van der Waals surface area contributed by atoms with Crippen LogP contribution in [0.1, 0.15) is 43.1 Å². The van der Waals surface area contributed by atoms with Crippen molar-refractivity contribution < 1.29 is 14.8 Å². The average molecular weight is 294 g/mol. The quantitative estimate of drug-likeness (QED) is 0.644. The topological polar surface area (TPSA) is 92.5 Å². The number of hydrogen-bond acceptors (Lipinski definition) is 4. The van der Waals surface area contributed by atoms with Crippen LogP contribution in [0.2, 0.25) is 0 Å². The lowest BCUT2D eigenvalue weighted by molar-refractivity contribution is -0.384. The minimum atomic E-state index is -0.525. The molecule has 0 aliphatic rings. The Hall–Kier alpha value is -1.95. The highest BCUT2D eigenvalue weighted by molar-refractivity contribution is 5.95. The third-order valence-corrected chi connectivity index (χ3v) is 2.95. The molecule has 0 saturated heterocycles. The average Bonchev–Trinajstić information content (AvgIpc) is 2.35. The van der Waals surface area contributed by atoms with Gasteiger partial charge in [-0.15, -0.1) is 0 Å². The van der Waals surface area contributed by atoms with Gasteiger partial charge in [-0.1, -0.05) is 20.8 Å². The van der Waals surface area contributed by atoms with Crippen LogP contribution in [-0.4, -0.2) is 28.6 Å². The van der Waals surface area contributed by atoms with Gasteiger partial charge in [0.25, 0.3) is 11.6 Å². The third-order valence-electron chi connectivity index (χ3n) is 2.95. The van der Waals surface area contributed by atoms with Gasteiger partial charge in [-0.25, -0.2) is 0 Å². The second-order valence-corrected chi connectivity index (χ2v) is 6.43. The first-order chi connectivity index (χ1) is 9.62. The van der Waals surface area contributed by atoms with Crippen LogP contribution in [0, 0.1) is 22.5 Å². The van der Waals surface area contributed by atoms with E-state index in [4.69, 9.17) is 0 Å². The van der Waals surface area contributed by atoms with Crippen LogP contribution < -0.4 is 5.32 Å². The highest BCUT2D eigenvalue weighted by Crippen LogP contribution is 2.21. The first-order valence-corrected chi connectivity index (χ1v) is 6.80. The Bertz CT molecular complexity index is 535. The van der Waals surface area contributed by atoms with Crippen molar-refractivity contribution in [1.82, 2.24) is 5.32 Å². The summed E-state index contributed by atoms with van der Waals surface area (Å²) < 4.78 is 0. The number of aryl methyl sites for hydroxylation is 1. The van der Waals surface area contributed by atoms with Crippen molar-refractivity contribution in [3.8, 4) is 0 Å². The number of hydrogen-bond donors (Lipinski definition) is 2. The fourth-order valence-corrected chi connectivity index (χ4v) is 2.17. The zero-order valence-corrected chi connectivity index (χ0v) is 12.8. The standard InChI is InChI=1S/C15H22N2O4/c1-10-5-11(7-13(6-10)17(20)21)14(19)16-12(9-18)8-15(2,3)4/h5-7,12,18H,8-9H2,1-4H3,(H,16,19). The van der Waals surface area contributed by atoms with Crippen molar-refractivity contribution in [3.05, 3.63) is 39.4 Å². The normalized spacial score (nSPS) is 12.8. The van der Waals surface area contributed by atoms with Gasteiger partial charge in [-0.2, -0.15) is 0 Å². The van der Waals surface area contributed by atoms with Gasteiger partial charge < -0.3 is 10.4 Å². The maximum absolute atomic E-state index is 12.2. The molecule has 0 fully saturated rings. The Labute approximate surface area is 124 Å². The van der Waals surface area contributed by atoms with E-state index in [1.165, 1.54) is 12.1 Å². The van der Waals surface area contributed by atoms with E-state index in [1.807, 2.05) is 20.8 Å². The van der Waals surface area contributed by atoms with Crippen LogP contribution >= 0.6 is 0 Å². The zero-order chi connectivity index (χ0) is 16.2. The van der Waals surface area contributed by atoms with Crippen LogP contribution in [-0.2, 0) is 0 Å². The van der Waals surface area contributed by atoms with Crippen molar-refractivity contribution in [1.29, 1.82) is 0 Å². The molecule has 0 aliphatic heterocycles. The number of nitro groups is 1. The first kappa shape index (κ1) is 17.1. The van der Waals surface area contributed by atoms with E-state index in [1.54, 1.807) is 13.0 Å². The molecule has 0 bridgehead atoms. The Morgan fingerprint density at radius 3 is 2.48 bits per heavy atom. The molecule has 0 aliphatic carbocycles. The fourth-order valence-electron chi connectivity index (χ4n) is 2.17. The van der Waals surface area contributed by atoms with Crippen LogP contribution in [0.25, 0.3) is 0 Å². The Morgan fingerprint density at radius 2 is 2.00 bits per heavy atom. The summed E-state index contributed by atoms with van der Waals surface area (Å²) in [7, 11) is 0. The molecule has 1 rings (SSSR count). The van der Waals surface area contributed by atoms with E-state index in [0.29, 0.717) is 12.0 Å². The van der Waals surface area contributed by atoms with E-state index in [-0.39, 0.29) is 29.3 Å². The van der Waals surface area contributed by atoms with Crippen molar-refractivity contribution in [2.24, 2.45) is 5.41 Å². The number of carbonyl (C=O) groups is 1. The number of amides is 1. The molecule has 1 atom stereocenters. The van der Waals surface area contributed by atoms with E-state index in [9.17, 15) is 20.0 Å². The molecule has 0 radical (unpaired) electrons. The number of non-ortho nitro benzene ring substituents is 1. The Balaban J connectivity index is 2.90. The molecule has 1 unspecified atom stereocenters. The number of aliphatic hydroxyl groups is 1. The Morgan fingerprint density at radius 1 is 1.38 bits per heavy atom. The number of carbonyl (C=O) groups excluding carboxylic acids is 1. The molecule has 0 spiro atoms. The number of benzene rings is 1. The van der Waals surface area contributed by atoms with Gasteiger partial charge in [0.05, 0.1) is 17.6 Å². The van der Waals surface area contributed by atoms with Crippen molar-refractivity contribution in [2.45, 2.75) is 40.2 Å². The van der Waals surface area contributed by atoms with E-state index in [0.717, 1.165) is 0 Å². The van der Waals surface area contributed by atoms with Crippen LogP contribution in [0.5, 0.6) is 0 Å². The number of aliphatic hydroxyl groups excluding tert-OH is 1. The lowest BCUT2D eigenvalue weighted by atomic mass is 9.88. The summed E-state index contributed by atoms with van der Waals surface area (Å²) in [6.45, 7) is 7.57. The molecule has 6 heteroatoms. The second-order valence-electron chi connectivity index (χ2n) is 6.43. The number of nitrogens with zero attached hydrogens (tertiary/aromatic N) is 1. The van der Waals surface area contributed by atoms with Gasteiger partial charge in [0.15, 0.2) is 0 Å².